The molecule has 0 saturated carbocycles. The van der Waals surface area contributed by atoms with Crippen molar-refractivity contribution < 1.29 is 0 Å². The maximum atomic E-state index is 12.8. The van der Waals surface area contributed by atoms with E-state index in [4.69, 9.17) is 0 Å². The molecule has 0 unspecified atom stereocenters. The lowest BCUT2D eigenvalue weighted by Gasteiger charge is -2.09. The van der Waals surface area contributed by atoms with Crippen LogP contribution in [0.5, 0.6) is 0 Å². The highest BCUT2D eigenvalue weighted by Gasteiger charge is 2.13. The van der Waals surface area contributed by atoms with Crippen LogP contribution in [0.25, 0.3) is 16.7 Å². The van der Waals surface area contributed by atoms with Crippen LogP contribution in [0.15, 0.2) is 65.8 Å². The van der Waals surface area contributed by atoms with Gasteiger partial charge in [-0.3, -0.25) is 9.36 Å². The predicted octanol–water partition coefficient (Wildman–Crippen LogP) is 3.25. The molecular formula is C20H18N4O. The highest BCUT2D eigenvalue weighted by atomic mass is 16.1. The maximum Gasteiger partial charge on any atom is 0.264 e. The average Bonchev–Trinajstić information content (AvgIpc) is 3.04. The molecule has 2 aromatic carbocycles. The van der Waals surface area contributed by atoms with Crippen molar-refractivity contribution in [1.29, 1.82) is 0 Å². The molecule has 0 aliphatic carbocycles. The number of hydrogen-bond donors (Lipinski definition) is 0. The van der Waals surface area contributed by atoms with Gasteiger partial charge in [-0.15, -0.1) is 0 Å². The summed E-state index contributed by atoms with van der Waals surface area (Å²) in [6.45, 7) is 4.56. The summed E-state index contributed by atoms with van der Waals surface area (Å²) in [4.78, 5) is 17.4. The van der Waals surface area contributed by atoms with Crippen LogP contribution in [0, 0.1) is 13.8 Å². The zero-order chi connectivity index (χ0) is 17.4. The van der Waals surface area contributed by atoms with E-state index < -0.39 is 0 Å². The lowest BCUT2D eigenvalue weighted by Crippen LogP contribution is -2.21. The largest absolute Gasteiger partial charge is 0.294 e. The van der Waals surface area contributed by atoms with Crippen LogP contribution in [0.1, 0.15) is 16.7 Å². The average molecular weight is 330 g/mol. The molecule has 124 valence electrons. The standard InChI is InChI=1S/C20H18N4O/c1-14-7-3-5-9-16(14)12-23-13-21-19-17(20(23)25)11-22-24(19)18-10-6-4-8-15(18)2/h3-11,13H,12H2,1-2H3. The van der Waals surface area contributed by atoms with E-state index in [1.807, 2.05) is 62.4 Å². The van der Waals surface area contributed by atoms with Gasteiger partial charge >= 0.3 is 0 Å². The summed E-state index contributed by atoms with van der Waals surface area (Å²) in [5.74, 6) is 0. The summed E-state index contributed by atoms with van der Waals surface area (Å²) in [7, 11) is 0. The van der Waals surface area contributed by atoms with Gasteiger partial charge in [0.1, 0.15) is 11.7 Å². The fraction of sp³-hybridized carbons (Fsp3) is 0.150. The van der Waals surface area contributed by atoms with Gasteiger partial charge in [0.2, 0.25) is 0 Å². The van der Waals surface area contributed by atoms with Crippen LogP contribution in [0.3, 0.4) is 0 Å². The summed E-state index contributed by atoms with van der Waals surface area (Å²) in [6.07, 6.45) is 3.21. The van der Waals surface area contributed by atoms with E-state index >= 15 is 0 Å². The zero-order valence-corrected chi connectivity index (χ0v) is 14.2. The van der Waals surface area contributed by atoms with Gasteiger partial charge in [0.25, 0.3) is 5.56 Å². The number of nitrogens with zero attached hydrogens (tertiary/aromatic N) is 4. The Hall–Kier alpha value is -3.21. The van der Waals surface area contributed by atoms with Crippen molar-refractivity contribution in [2.24, 2.45) is 0 Å². The Labute approximate surface area is 145 Å². The Balaban J connectivity index is 1.82. The number of hydrogen-bond acceptors (Lipinski definition) is 3. The highest BCUT2D eigenvalue weighted by Crippen LogP contribution is 2.17. The van der Waals surface area contributed by atoms with Crippen molar-refractivity contribution >= 4 is 11.0 Å². The molecule has 0 aliphatic rings. The number of rotatable bonds is 3. The van der Waals surface area contributed by atoms with E-state index in [0.29, 0.717) is 17.6 Å². The fourth-order valence-electron chi connectivity index (χ4n) is 3.01. The van der Waals surface area contributed by atoms with Crippen LogP contribution in [0.2, 0.25) is 0 Å². The second kappa shape index (κ2) is 6.02. The molecule has 0 atom stereocenters. The minimum Gasteiger partial charge on any atom is -0.294 e. The molecule has 25 heavy (non-hydrogen) atoms. The number of aromatic nitrogens is 4. The second-order valence-corrected chi connectivity index (χ2v) is 6.18. The van der Waals surface area contributed by atoms with E-state index in [1.54, 1.807) is 21.8 Å². The van der Waals surface area contributed by atoms with Crippen molar-refractivity contribution in [3.05, 3.63) is 88.1 Å². The van der Waals surface area contributed by atoms with Crippen LogP contribution >= 0.6 is 0 Å². The molecule has 4 rings (SSSR count). The maximum absolute atomic E-state index is 12.8. The molecule has 0 bridgehead atoms. The molecule has 2 heterocycles. The minimum absolute atomic E-state index is 0.0758. The van der Waals surface area contributed by atoms with Crippen molar-refractivity contribution in [2.75, 3.05) is 0 Å². The van der Waals surface area contributed by atoms with E-state index in [0.717, 1.165) is 22.4 Å². The number of benzene rings is 2. The molecule has 0 fully saturated rings. The Kier molecular flexibility index (Phi) is 3.69. The Morgan fingerprint density at radius 2 is 1.68 bits per heavy atom. The number of para-hydroxylation sites is 1. The van der Waals surface area contributed by atoms with Crippen LogP contribution < -0.4 is 5.56 Å². The normalized spacial score (nSPS) is 11.1. The molecule has 0 saturated heterocycles. The highest BCUT2D eigenvalue weighted by molar-refractivity contribution is 5.75. The third-order valence-corrected chi connectivity index (χ3v) is 4.50. The van der Waals surface area contributed by atoms with Gasteiger partial charge in [-0.25, -0.2) is 9.67 Å². The monoisotopic (exact) mass is 330 g/mol. The van der Waals surface area contributed by atoms with E-state index in [1.165, 1.54) is 0 Å². The van der Waals surface area contributed by atoms with E-state index in [9.17, 15) is 4.79 Å². The third kappa shape index (κ3) is 2.63. The molecule has 5 nitrogen and oxygen atoms in total. The molecule has 2 aromatic heterocycles. The first-order chi connectivity index (χ1) is 12.1. The van der Waals surface area contributed by atoms with E-state index in [2.05, 4.69) is 10.1 Å². The molecule has 0 N–H and O–H groups in total. The second-order valence-electron chi connectivity index (χ2n) is 6.18. The van der Waals surface area contributed by atoms with Crippen molar-refractivity contribution in [3.8, 4) is 5.69 Å². The molecular weight excluding hydrogens is 312 g/mol. The molecule has 0 amide bonds. The molecule has 0 aliphatic heterocycles. The lowest BCUT2D eigenvalue weighted by molar-refractivity contribution is 0.741. The summed E-state index contributed by atoms with van der Waals surface area (Å²) < 4.78 is 3.36. The lowest BCUT2D eigenvalue weighted by atomic mass is 10.1. The Morgan fingerprint density at radius 1 is 0.960 bits per heavy atom. The van der Waals surface area contributed by atoms with Gasteiger partial charge in [0.05, 0.1) is 18.4 Å². The summed E-state index contributed by atoms with van der Waals surface area (Å²) in [5, 5.41) is 4.92. The number of aryl methyl sites for hydroxylation is 2. The molecule has 4 aromatic rings. The van der Waals surface area contributed by atoms with Gasteiger partial charge in [-0.05, 0) is 36.6 Å². The van der Waals surface area contributed by atoms with Gasteiger partial charge in [-0.2, -0.15) is 5.10 Å². The molecule has 0 radical (unpaired) electrons. The first-order valence-corrected chi connectivity index (χ1v) is 8.19. The summed E-state index contributed by atoms with van der Waals surface area (Å²) in [6, 6.07) is 16.0. The first-order valence-electron chi connectivity index (χ1n) is 8.19. The Bertz CT molecular complexity index is 1120. The van der Waals surface area contributed by atoms with Gasteiger partial charge < -0.3 is 0 Å². The van der Waals surface area contributed by atoms with Crippen LogP contribution in [-0.2, 0) is 6.54 Å². The predicted molar refractivity (Wildman–Crippen MR) is 98.1 cm³/mol. The smallest absolute Gasteiger partial charge is 0.264 e. The summed E-state index contributed by atoms with van der Waals surface area (Å²) >= 11 is 0. The SMILES string of the molecule is Cc1ccccc1Cn1cnc2c(cnn2-c2ccccc2C)c1=O. The zero-order valence-electron chi connectivity index (χ0n) is 14.2. The Morgan fingerprint density at radius 3 is 2.44 bits per heavy atom. The molecule has 5 heteroatoms. The van der Waals surface area contributed by atoms with Gasteiger partial charge in [0.15, 0.2) is 5.65 Å². The van der Waals surface area contributed by atoms with Crippen molar-refractivity contribution in [3.63, 3.8) is 0 Å². The van der Waals surface area contributed by atoms with Gasteiger partial charge in [0, 0.05) is 0 Å². The van der Waals surface area contributed by atoms with Crippen LogP contribution in [-0.4, -0.2) is 19.3 Å². The molecule has 0 spiro atoms. The fourth-order valence-corrected chi connectivity index (χ4v) is 3.01. The summed E-state index contributed by atoms with van der Waals surface area (Å²) in [5.41, 5.74) is 4.79. The number of fused-ring (bicyclic) bond motifs is 1. The topological polar surface area (TPSA) is 52.7 Å². The van der Waals surface area contributed by atoms with Gasteiger partial charge in [-0.1, -0.05) is 42.5 Å². The first kappa shape index (κ1) is 15.3. The van der Waals surface area contributed by atoms with Crippen molar-refractivity contribution in [2.45, 2.75) is 20.4 Å². The van der Waals surface area contributed by atoms with Crippen molar-refractivity contribution in [1.82, 2.24) is 19.3 Å². The minimum atomic E-state index is -0.0758. The van der Waals surface area contributed by atoms with Crippen LogP contribution in [0.4, 0.5) is 0 Å². The quantitative estimate of drug-likeness (QED) is 0.579. The third-order valence-electron chi connectivity index (χ3n) is 4.50. The van der Waals surface area contributed by atoms with E-state index in [-0.39, 0.29) is 5.56 Å².